The molecule has 1 aromatic carbocycles. The van der Waals surface area contributed by atoms with E-state index < -0.39 is 0 Å². The molecule has 0 N–H and O–H groups in total. The number of aromatic nitrogens is 2. The molecule has 3 heteroatoms. The van der Waals surface area contributed by atoms with Gasteiger partial charge in [0.1, 0.15) is 0 Å². The van der Waals surface area contributed by atoms with Gasteiger partial charge >= 0.3 is 0 Å². The van der Waals surface area contributed by atoms with Gasteiger partial charge in [0.2, 0.25) is 0 Å². The van der Waals surface area contributed by atoms with Crippen molar-refractivity contribution in [3.8, 4) is 5.69 Å². The fourth-order valence-corrected chi connectivity index (χ4v) is 1.76. The van der Waals surface area contributed by atoms with Crippen molar-refractivity contribution in [2.45, 2.75) is 5.16 Å². The Balaban J connectivity index is 2.47. The summed E-state index contributed by atoms with van der Waals surface area (Å²) in [6.45, 7) is 0. The topological polar surface area (TPSA) is 17.8 Å². The monoisotopic (exact) mass is 190 g/mol. The molecule has 0 saturated carbocycles. The Morgan fingerprint density at radius 2 is 2.00 bits per heavy atom. The van der Waals surface area contributed by atoms with Crippen molar-refractivity contribution >= 4 is 11.8 Å². The van der Waals surface area contributed by atoms with Crippen LogP contribution in [0, 0.1) is 0 Å². The molecule has 0 unspecified atom stereocenters. The van der Waals surface area contributed by atoms with Crippen LogP contribution >= 0.6 is 11.8 Å². The molecule has 0 amide bonds. The molecule has 66 valence electrons. The van der Waals surface area contributed by atoms with Crippen molar-refractivity contribution in [3.05, 3.63) is 42.7 Å². The molecule has 13 heavy (non-hydrogen) atoms. The summed E-state index contributed by atoms with van der Waals surface area (Å²) in [5.41, 5.74) is 1.16. The normalized spacial score (nSPS) is 10.2. The summed E-state index contributed by atoms with van der Waals surface area (Å²) in [5, 5.41) is 1.02. The fourth-order valence-electron chi connectivity index (χ4n) is 1.23. The van der Waals surface area contributed by atoms with E-state index in [9.17, 15) is 0 Å². The minimum absolute atomic E-state index is 1.02. The summed E-state index contributed by atoms with van der Waals surface area (Å²) in [6, 6.07) is 10.2. The highest BCUT2D eigenvalue weighted by Gasteiger charge is 2.01. The maximum Gasteiger partial charge on any atom is 0.172 e. The molecule has 0 aliphatic rings. The van der Waals surface area contributed by atoms with Gasteiger partial charge in [-0.05, 0) is 18.4 Å². The number of para-hydroxylation sites is 1. The van der Waals surface area contributed by atoms with Crippen LogP contribution in [0.1, 0.15) is 0 Å². The lowest BCUT2D eigenvalue weighted by Gasteiger charge is -2.04. The van der Waals surface area contributed by atoms with Crippen molar-refractivity contribution in [1.29, 1.82) is 0 Å². The van der Waals surface area contributed by atoms with Gasteiger partial charge in [-0.3, -0.25) is 4.57 Å². The van der Waals surface area contributed by atoms with E-state index in [1.165, 1.54) is 0 Å². The largest absolute Gasteiger partial charge is 0.295 e. The summed E-state index contributed by atoms with van der Waals surface area (Å²) in [6.07, 6.45) is 5.82. The zero-order chi connectivity index (χ0) is 9.10. The predicted molar refractivity (Wildman–Crippen MR) is 55.3 cm³/mol. The number of nitrogens with zero attached hydrogens (tertiary/aromatic N) is 2. The van der Waals surface area contributed by atoms with Crippen LogP contribution in [0.15, 0.2) is 47.9 Å². The van der Waals surface area contributed by atoms with Crippen LogP contribution in [0.3, 0.4) is 0 Å². The number of imidazole rings is 1. The standard InChI is InChI=1S/C10H10N2S/c1-13-10-11-7-8-12(10)9-5-3-2-4-6-9/h2-8H,1H3. The summed E-state index contributed by atoms with van der Waals surface area (Å²) in [4.78, 5) is 4.24. The van der Waals surface area contributed by atoms with Gasteiger partial charge in [-0.25, -0.2) is 4.98 Å². The van der Waals surface area contributed by atoms with Gasteiger partial charge in [0.15, 0.2) is 5.16 Å². The highest BCUT2D eigenvalue weighted by atomic mass is 32.2. The fraction of sp³-hybridized carbons (Fsp3) is 0.100. The maximum absolute atomic E-state index is 4.24. The van der Waals surface area contributed by atoms with Crippen LogP contribution < -0.4 is 0 Å². The maximum atomic E-state index is 4.24. The summed E-state index contributed by atoms with van der Waals surface area (Å²) in [7, 11) is 0. The van der Waals surface area contributed by atoms with E-state index in [0.717, 1.165) is 10.8 Å². The molecule has 2 rings (SSSR count). The van der Waals surface area contributed by atoms with Crippen molar-refractivity contribution in [2.75, 3.05) is 6.26 Å². The van der Waals surface area contributed by atoms with E-state index in [1.54, 1.807) is 11.8 Å². The highest BCUT2D eigenvalue weighted by Crippen LogP contribution is 2.17. The van der Waals surface area contributed by atoms with E-state index >= 15 is 0 Å². The second-order valence-corrected chi connectivity index (χ2v) is 3.39. The third kappa shape index (κ3) is 1.60. The molecule has 0 aliphatic carbocycles. The zero-order valence-electron chi connectivity index (χ0n) is 7.34. The van der Waals surface area contributed by atoms with Gasteiger partial charge in [0.25, 0.3) is 0 Å². The lowest BCUT2D eigenvalue weighted by atomic mass is 10.3. The number of rotatable bonds is 2. The lowest BCUT2D eigenvalue weighted by molar-refractivity contribution is 0.898. The minimum Gasteiger partial charge on any atom is -0.295 e. The van der Waals surface area contributed by atoms with Crippen LogP contribution in [0.25, 0.3) is 5.69 Å². The van der Waals surface area contributed by atoms with E-state index in [2.05, 4.69) is 21.7 Å². The first-order valence-electron chi connectivity index (χ1n) is 4.04. The van der Waals surface area contributed by atoms with E-state index in [4.69, 9.17) is 0 Å². The number of hydrogen-bond donors (Lipinski definition) is 0. The van der Waals surface area contributed by atoms with Gasteiger partial charge in [-0.2, -0.15) is 0 Å². The third-order valence-electron chi connectivity index (χ3n) is 1.82. The second kappa shape index (κ2) is 3.66. The predicted octanol–water partition coefficient (Wildman–Crippen LogP) is 2.59. The Morgan fingerprint density at radius 3 is 2.69 bits per heavy atom. The highest BCUT2D eigenvalue weighted by molar-refractivity contribution is 7.98. The number of thioether (sulfide) groups is 1. The first-order chi connectivity index (χ1) is 6.42. The SMILES string of the molecule is CSc1nccn1-c1ccccc1. The summed E-state index contributed by atoms with van der Waals surface area (Å²) in [5.74, 6) is 0. The molecular weight excluding hydrogens is 180 g/mol. The quantitative estimate of drug-likeness (QED) is 0.677. The molecule has 0 atom stereocenters. The smallest absolute Gasteiger partial charge is 0.172 e. The lowest BCUT2D eigenvalue weighted by Crippen LogP contribution is -1.93. The first-order valence-corrected chi connectivity index (χ1v) is 5.27. The van der Waals surface area contributed by atoms with Crippen molar-refractivity contribution in [1.82, 2.24) is 9.55 Å². The molecule has 0 radical (unpaired) electrons. The molecule has 2 aromatic rings. The van der Waals surface area contributed by atoms with Crippen LogP contribution in [0.2, 0.25) is 0 Å². The zero-order valence-corrected chi connectivity index (χ0v) is 8.16. The second-order valence-electron chi connectivity index (χ2n) is 2.62. The molecule has 0 spiro atoms. The molecule has 0 bridgehead atoms. The number of benzene rings is 1. The van der Waals surface area contributed by atoms with Crippen LogP contribution in [-0.4, -0.2) is 15.8 Å². The van der Waals surface area contributed by atoms with Gasteiger partial charge in [-0.1, -0.05) is 30.0 Å². The third-order valence-corrected chi connectivity index (χ3v) is 2.49. The average molecular weight is 190 g/mol. The van der Waals surface area contributed by atoms with Crippen molar-refractivity contribution in [2.24, 2.45) is 0 Å². The van der Waals surface area contributed by atoms with Crippen molar-refractivity contribution < 1.29 is 0 Å². The number of hydrogen-bond acceptors (Lipinski definition) is 2. The Labute approximate surface area is 81.6 Å². The average Bonchev–Trinajstić information content (AvgIpc) is 2.67. The Kier molecular flexibility index (Phi) is 2.36. The van der Waals surface area contributed by atoms with E-state index in [-0.39, 0.29) is 0 Å². The molecular formula is C10H10N2S. The summed E-state index contributed by atoms with van der Waals surface area (Å²) < 4.78 is 2.07. The van der Waals surface area contributed by atoms with Crippen LogP contribution in [-0.2, 0) is 0 Å². The molecule has 0 fully saturated rings. The van der Waals surface area contributed by atoms with E-state index in [1.807, 2.05) is 36.8 Å². The summed E-state index contributed by atoms with van der Waals surface area (Å²) >= 11 is 1.65. The van der Waals surface area contributed by atoms with Gasteiger partial charge < -0.3 is 0 Å². The van der Waals surface area contributed by atoms with Crippen molar-refractivity contribution in [3.63, 3.8) is 0 Å². The van der Waals surface area contributed by atoms with E-state index in [0.29, 0.717) is 0 Å². The first kappa shape index (κ1) is 8.38. The molecule has 1 heterocycles. The molecule has 0 aliphatic heterocycles. The Hall–Kier alpha value is -1.22. The van der Waals surface area contributed by atoms with Gasteiger partial charge in [-0.15, -0.1) is 0 Å². The Morgan fingerprint density at radius 1 is 1.23 bits per heavy atom. The van der Waals surface area contributed by atoms with Gasteiger partial charge in [0, 0.05) is 18.1 Å². The Bertz CT molecular complexity index is 381. The molecule has 0 saturated heterocycles. The minimum atomic E-state index is 1.02. The van der Waals surface area contributed by atoms with Crippen LogP contribution in [0.4, 0.5) is 0 Å². The van der Waals surface area contributed by atoms with Gasteiger partial charge in [0.05, 0.1) is 0 Å². The molecule has 1 aromatic heterocycles. The van der Waals surface area contributed by atoms with Crippen LogP contribution in [0.5, 0.6) is 0 Å². The molecule has 2 nitrogen and oxygen atoms in total.